The van der Waals surface area contributed by atoms with Gasteiger partial charge in [0.1, 0.15) is 11.2 Å². The molecule has 10 aromatic carbocycles. The fourth-order valence-electron chi connectivity index (χ4n) is 9.30. The van der Waals surface area contributed by atoms with Crippen LogP contribution in [-0.4, -0.2) is 4.57 Å². The average Bonchev–Trinajstić information content (AvgIpc) is 3.86. The number of hydrogen-bond donors (Lipinski definition) is 0. The van der Waals surface area contributed by atoms with E-state index in [-0.39, 0.29) is 0 Å². The van der Waals surface area contributed by atoms with Crippen molar-refractivity contribution >= 4 is 82.4 Å². The molecule has 276 valence electrons. The number of furan rings is 1. The third kappa shape index (κ3) is 5.29. The van der Waals surface area contributed by atoms with Gasteiger partial charge in [0.05, 0.1) is 27.8 Å². The monoisotopic (exact) mass is 752 g/mol. The van der Waals surface area contributed by atoms with Gasteiger partial charge in [0.25, 0.3) is 0 Å². The zero-order valence-electron chi connectivity index (χ0n) is 32.1. The minimum absolute atomic E-state index is 0.864. The first-order valence-corrected chi connectivity index (χ1v) is 20.2. The van der Waals surface area contributed by atoms with Gasteiger partial charge in [0.2, 0.25) is 0 Å². The van der Waals surface area contributed by atoms with Gasteiger partial charge in [0.15, 0.2) is 0 Å². The van der Waals surface area contributed by atoms with E-state index in [1.54, 1.807) is 0 Å². The number of anilines is 3. The fraction of sp³-hybridized carbons (Fsp3) is 0. The molecule has 2 heterocycles. The summed E-state index contributed by atoms with van der Waals surface area (Å²) >= 11 is 0. The summed E-state index contributed by atoms with van der Waals surface area (Å²) in [5.74, 6) is 0. The predicted octanol–water partition coefficient (Wildman–Crippen LogP) is 15.8. The van der Waals surface area contributed by atoms with E-state index in [0.29, 0.717) is 0 Å². The van der Waals surface area contributed by atoms with Gasteiger partial charge in [-0.15, -0.1) is 0 Å². The molecule has 0 spiro atoms. The van der Waals surface area contributed by atoms with Crippen LogP contribution in [0.4, 0.5) is 17.1 Å². The standard InChI is InChI=1S/C56H36N2O/c1-3-16-43-37(13-1)15-11-21-44(43)39-27-32-41(33-28-39)57(53-25-12-26-54-55(53)49-36-31-38-14-2-4-18-46(38)56(49)59-54)42-34-29-40(30-35-42)45-17-5-8-22-50(45)58-51-23-9-6-19-47(51)48-20-7-10-24-52(48)58/h1-36H. The van der Waals surface area contributed by atoms with Crippen LogP contribution in [0.3, 0.4) is 0 Å². The molecule has 0 atom stereocenters. The lowest BCUT2D eigenvalue weighted by molar-refractivity contribution is 0.672. The first-order valence-electron chi connectivity index (χ1n) is 20.2. The second-order valence-corrected chi connectivity index (χ2v) is 15.3. The molecule has 0 fully saturated rings. The Morgan fingerprint density at radius 2 is 0.881 bits per heavy atom. The Hall–Kier alpha value is -7.88. The van der Waals surface area contributed by atoms with Crippen LogP contribution in [0, 0.1) is 0 Å². The topological polar surface area (TPSA) is 21.3 Å². The normalized spacial score (nSPS) is 11.7. The average molecular weight is 753 g/mol. The number of fused-ring (bicyclic) bond motifs is 9. The SMILES string of the molecule is c1ccc(-n2c3ccccc3c3ccccc32)c(-c2ccc(N(c3ccc(-c4cccc5ccccc45)cc3)c3cccc4oc5c6ccccc6ccc5c34)cc2)c1. The highest BCUT2D eigenvalue weighted by Crippen LogP contribution is 2.45. The van der Waals surface area contributed by atoms with E-state index in [4.69, 9.17) is 4.42 Å². The molecule has 0 radical (unpaired) electrons. The van der Waals surface area contributed by atoms with Crippen LogP contribution in [0.2, 0.25) is 0 Å². The first kappa shape index (κ1) is 33.3. The summed E-state index contributed by atoms with van der Waals surface area (Å²) in [4.78, 5) is 2.38. The molecule has 0 unspecified atom stereocenters. The zero-order chi connectivity index (χ0) is 38.9. The molecular weight excluding hydrogens is 717 g/mol. The van der Waals surface area contributed by atoms with Crippen LogP contribution in [0.5, 0.6) is 0 Å². The predicted molar refractivity (Wildman–Crippen MR) is 249 cm³/mol. The molecule has 3 heteroatoms. The van der Waals surface area contributed by atoms with Crippen molar-refractivity contribution in [3.8, 4) is 27.9 Å². The fourth-order valence-corrected chi connectivity index (χ4v) is 9.30. The van der Waals surface area contributed by atoms with Crippen LogP contribution in [0.25, 0.3) is 93.2 Å². The van der Waals surface area contributed by atoms with Gasteiger partial charge in [-0.1, -0.05) is 158 Å². The second kappa shape index (κ2) is 13.4. The van der Waals surface area contributed by atoms with Gasteiger partial charge in [-0.25, -0.2) is 0 Å². The third-order valence-corrected chi connectivity index (χ3v) is 12.0. The lowest BCUT2D eigenvalue weighted by atomic mass is 9.98. The Balaban J connectivity index is 1.03. The minimum atomic E-state index is 0.864. The second-order valence-electron chi connectivity index (χ2n) is 15.3. The number of aromatic nitrogens is 1. The van der Waals surface area contributed by atoms with Crippen molar-refractivity contribution in [2.24, 2.45) is 0 Å². The van der Waals surface area contributed by atoms with Crippen molar-refractivity contribution in [1.82, 2.24) is 4.57 Å². The van der Waals surface area contributed by atoms with E-state index >= 15 is 0 Å². The number of para-hydroxylation sites is 3. The molecule has 0 saturated carbocycles. The Bertz CT molecular complexity index is 3500. The molecular formula is C56H36N2O. The van der Waals surface area contributed by atoms with Crippen molar-refractivity contribution in [3.63, 3.8) is 0 Å². The van der Waals surface area contributed by atoms with Gasteiger partial charge < -0.3 is 13.9 Å². The maximum Gasteiger partial charge on any atom is 0.143 e. The molecule has 0 aliphatic heterocycles. The van der Waals surface area contributed by atoms with Crippen molar-refractivity contribution in [2.75, 3.05) is 4.90 Å². The van der Waals surface area contributed by atoms with E-state index < -0.39 is 0 Å². The molecule has 0 saturated heterocycles. The van der Waals surface area contributed by atoms with Gasteiger partial charge in [0, 0.05) is 38.5 Å². The molecule has 0 N–H and O–H groups in total. The Kier molecular flexibility index (Phi) is 7.54. The molecule has 3 nitrogen and oxygen atoms in total. The largest absolute Gasteiger partial charge is 0.455 e. The molecule has 0 amide bonds. The molecule has 59 heavy (non-hydrogen) atoms. The van der Waals surface area contributed by atoms with Crippen molar-refractivity contribution in [1.29, 1.82) is 0 Å². The van der Waals surface area contributed by atoms with Crippen LogP contribution in [-0.2, 0) is 0 Å². The summed E-state index contributed by atoms with van der Waals surface area (Å²) in [6, 6.07) is 78.6. The number of hydrogen-bond acceptors (Lipinski definition) is 2. The molecule has 0 aliphatic rings. The summed E-state index contributed by atoms with van der Waals surface area (Å²) < 4.78 is 9.11. The molecule has 0 aliphatic carbocycles. The van der Waals surface area contributed by atoms with Crippen molar-refractivity contribution in [2.45, 2.75) is 0 Å². The maximum atomic E-state index is 6.70. The number of rotatable bonds is 6. The van der Waals surface area contributed by atoms with Crippen molar-refractivity contribution < 1.29 is 4.42 Å². The Labute approximate surface area is 341 Å². The zero-order valence-corrected chi connectivity index (χ0v) is 32.1. The highest BCUT2D eigenvalue weighted by Gasteiger charge is 2.21. The highest BCUT2D eigenvalue weighted by molar-refractivity contribution is 6.19. The summed E-state index contributed by atoms with van der Waals surface area (Å²) in [7, 11) is 0. The molecule has 12 aromatic rings. The third-order valence-electron chi connectivity index (χ3n) is 12.0. The van der Waals surface area contributed by atoms with Crippen LogP contribution >= 0.6 is 0 Å². The van der Waals surface area contributed by atoms with E-state index in [1.807, 2.05) is 0 Å². The van der Waals surface area contributed by atoms with Crippen molar-refractivity contribution in [3.05, 3.63) is 218 Å². The lowest BCUT2D eigenvalue weighted by Crippen LogP contribution is -2.10. The van der Waals surface area contributed by atoms with Crippen LogP contribution < -0.4 is 4.90 Å². The van der Waals surface area contributed by atoms with Gasteiger partial charge >= 0.3 is 0 Å². The Morgan fingerprint density at radius 3 is 1.59 bits per heavy atom. The van der Waals surface area contributed by atoms with E-state index in [2.05, 4.69) is 228 Å². The van der Waals surface area contributed by atoms with E-state index in [0.717, 1.165) is 55.6 Å². The number of nitrogens with zero attached hydrogens (tertiary/aromatic N) is 2. The van der Waals surface area contributed by atoms with E-state index in [1.165, 1.54) is 54.7 Å². The first-order chi connectivity index (χ1) is 29.3. The molecule has 2 aromatic heterocycles. The van der Waals surface area contributed by atoms with Gasteiger partial charge in [-0.05, 0) is 93.5 Å². The summed E-state index contributed by atoms with van der Waals surface area (Å²) in [6.07, 6.45) is 0. The van der Waals surface area contributed by atoms with Gasteiger partial charge in [-0.3, -0.25) is 0 Å². The molecule has 0 bridgehead atoms. The maximum absolute atomic E-state index is 6.70. The Morgan fingerprint density at radius 1 is 0.356 bits per heavy atom. The smallest absolute Gasteiger partial charge is 0.143 e. The van der Waals surface area contributed by atoms with Crippen LogP contribution in [0.1, 0.15) is 0 Å². The van der Waals surface area contributed by atoms with E-state index in [9.17, 15) is 0 Å². The number of benzene rings is 10. The highest BCUT2D eigenvalue weighted by atomic mass is 16.3. The summed E-state index contributed by atoms with van der Waals surface area (Å²) in [5, 5.41) is 9.46. The minimum Gasteiger partial charge on any atom is -0.455 e. The van der Waals surface area contributed by atoms with Crippen LogP contribution in [0.15, 0.2) is 223 Å². The lowest BCUT2D eigenvalue weighted by Gasteiger charge is -2.27. The quantitative estimate of drug-likeness (QED) is 0.169. The van der Waals surface area contributed by atoms with Gasteiger partial charge in [-0.2, -0.15) is 0 Å². The molecule has 12 rings (SSSR count). The summed E-state index contributed by atoms with van der Waals surface area (Å²) in [6.45, 7) is 0. The summed E-state index contributed by atoms with van der Waals surface area (Å²) in [5.41, 5.74) is 13.2.